The van der Waals surface area contributed by atoms with E-state index in [0.29, 0.717) is 6.54 Å². The van der Waals surface area contributed by atoms with Crippen molar-refractivity contribution in [2.24, 2.45) is 5.92 Å². The molecular formula is C18H22N2O. The van der Waals surface area contributed by atoms with Crippen LogP contribution in [-0.2, 0) is 4.79 Å². The second-order valence-corrected chi connectivity index (χ2v) is 5.62. The Labute approximate surface area is 125 Å². The van der Waals surface area contributed by atoms with Crippen molar-refractivity contribution in [1.29, 1.82) is 0 Å². The highest BCUT2D eigenvalue weighted by molar-refractivity contribution is 6.04. The zero-order valence-electron chi connectivity index (χ0n) is 12.5. The molecule has 0 unspecified atom stereocenters. The second kappa shape index (κ2) is 6.27. The number of piperidine rings is 1. The average Bonchev–Trinajstić information content (AvgIpc) is 2.56. The van der Waals surface area contributed by atoms with Crippen molar-refractivity contribution in [2.45, 2.75) is 19.8 Å². The molecule has 0 spiro atoms. The number of anilines is 1. The van der Waals surface area contributed by atoms with Crippen LogP contribution in [-0.4, -0.2) is 25.5 Å². The van der Waals surface area contributed by atoms with Crippen LogP contribution in [0.15, 0.2) is 42.5 Å². The number of amides is 1. The fourth-order valence-electron chi connectivity index (χ4n) is 3.17. The van der Waals surface area contributed by atoms with Crippen molar-refractivity contribution in [2.75, 3.05) is 24.5 Å². The molecule has 3 heteroatoms. The van der Waals surface area contributed by atoms with E-state index < -0.39 is 0 Å². The Morgan fingerprint density at radius 2 is 2.05 bits per heavy atom. The summed E-state index contributed by atoms with van der Waals surface area (Å²) in [5.41, 5.74) is 1.03. The highest BCUT2D eigenvalue weighted by Gasteiger charge is 2.26. The van der Waals surface area contributed by atoms with E-state index in [1.54, 1.807) is 0 Å². The summed E-state index contributed by atoms with van der Waals surface area (Å²) in [5, 5.41) is 5.67. The first-order valence-corrected chi connectivity index (χ1v) is 7.81. The predicted molar refractivity (Wildman–Crippen MR) is 87.6 cm³/mol. The van der Waals surface area contributed by atoms with Gasteiger partial charge < -0.3 is 10.2 Å². The summed E-state index contributed by atoms with van der Waals surface area (Å²) in [6, 6.07) is 14.5. The molecule has 1 aliphatic heterocycles. The van der Waals surface area contributed by atoms with E-state index in [9.17, 15) is 4.79 Å². The number of hydrogen-bond acceptors (Lipinski definition) is 2. The van der Waals surface area contributed by atoms with Gasteiger partial charge in [0.15, 0.2) is 0 Å². The van der Waals surface area contributed by atoms with E-state index in [1.165, 1.54) is 5.39 Å². The van der Waals surface area contributed by atoms with Gasteiger partial charge in [-0.2, -0.15) is 0 Å². The average molecular weight is 282 g/mol. The van der Waals surface area contributed by atoms with Crippen molar-refractivity contribution >= 4 is 22.4 Å². The Bertz CT molecular complexity index is 627. The predicted octanol–water partition coefficient (Wildman–Crippen LogP) is 3.19. The molecule has 21 heavy (non-hydrogen) atoms. The largest absolute Gasteiger partial charge is 0.316 e. The van der Waals surface area contributed by atoms with Crippen LogP contribution in [0.5, 0.6) is 0 Å². The smallest absolute Gasteiger partial charge is 0.231 e. The van der Waals surface area contributed by atoms with Crippen molar-refractivity contribution in [3.8, 4) is 0 Å². The molecule has 3 rings (SSSR count). The molecule has 2 aromatic carbocycles. The standard InChI is InChI=1S/C18H22N2O/c1-2-20(18(21)15-9-6-12-19-13-15)17-11-5-8-14-7-3-4-10-16(14)17/h3-5,7-8,10-11,15,19H,2,6,9,12-13H2,1H3/t15-/m0/s1. The fourth-order valence-corrected chi connectivity index (χ4v) is 3.17. The first kappa shape index (κ1) is 14.1. The number of fused-ring (bicyclic) bond motifs is 1. The molecule has 1 N–H and O–H groups in total. The van der Waals surface area contributed by atoms with Crippen LogP contribution >= 0.6 is 0 Å². The van der Waals surface area contributed by atoms with E-state index in [-0.39, 0.29) is 11.8 Å². The second-order valence-electron chi connectivity index (χ2n) is 5.62. The normalized spacial score (nSPS) is 18.6. The third-order valence-electron chi connectivity index (χ3n) is 4.29. The van der Waals surface area contributed by atoms with Crippen molar-refractivity contribution in [3.05, 3.63) is 42.5 Å². The van der Waals surface area contributed by atoms with Crippen LogP contribution < -0.4 is 10.2 Å². The van der Waals surface area contributed by atoms with Gasteiger partial charge in [0.1, 0.15) is 0 Å². The van der Waals surface area contributed by atoms with Crippen LogP contribution in [0, 0.1) is 5.92 Å². The Kier molecular flexibility index (Phi) is 4.20. The summed E-state index contributed by atoms with van der Waals surface area (Å²) in [5.74, 6) is 0.360. The van der Waals surface area contributed by atoms with E-state index in [2.05, 4.69) is 36.5 Å². The Hall–Kier alpha value is -1.87. The highest BCUT2D eigenvalue weighted by Crippen LogP contribution is 2.28. The minimum atomic E-state index is 0.109. The van der Waals surface area contributed by atoms with Gasteiger partial charge in [-0.1, -0.05) is 36.4 Å². The van der Waals surface area contributed by atoms with Crippen LogP contribution in [0.25, 0.3) is 10.8 Å². The van der Waals surface area contributed by atoms with Crippen molar-refractivity contribution < 1.29 is 4.79 Å². The SMILES string of the molecule is CCN(C(=O)[C@H]1CCCNC1)c1cccc2ccccc12. The van der Waals surface area contributed by atoms with E-state index in [4.69, 9.17) is 0 Å². The summed E-state index contributed by atoms with van der Waals surface area (Å²) >= 11 is 0. The topological polar surface area (TPSA) is 32.3 Å². The van der Waals surface area contributed by atoms with Crippen LogP contribution in [0.2, 0.25) is 0 Å². The summed E-state index contributed by atoms with van der Waals surface area (Å²) in [4.78, 5) is 14.8. The van der Waals surface area contributed by atoms with Crippen molar-refractivity contribution in [3.63, 3.8) is 0 Å². The van der Waals surface area contributed by atoms with Gasteiger partial charge >= 0.3 is 0 Å². The zero-order chi connectivity index (χ0) is 14.7. The molecule has 0 radical (unpaired) electrons. The molecule has 2 aromatic rings. The Morgan fingerprint density at radius 3 is 2.81 bits per heavy atom. The maximum atomic E-state index is 12.9. The molecule has 1 amide bonds. The summed E-state index contributed by atoms with van der Waals surface area (Å²) < 4.78 is 0. The third kappa shape index (κ3) is 2.79. The number of nitrogens with zero attached hydrogens (tertiary/aromatic N) is 1. The Morgan fingerprint density at radius 1 is 1.24 bits per heavy atom. The first-order valence-electron chi connectivity index (χ1n) is 7.81. The zero-order valence-corrected chi connectivity index (χ0v) is 12.5. The fraction of sp³-hybridized carbons (Fsp3) is 0.389. The van der Waals surface area contributed by atoms with Gasteiger partial charge in [-0.25, -0.2) is 0 Å². The quantitative estimate of drug-likeness (QED) is 0.937. The van der Waals surface area contributed by atoms with Gasteiger partial charge in [-0.15, -0.1) is 0 Å². The van der Waals surface area contributed by atoms with Gasteiger partial charge in [0.25, 0.3) is 0 Å². The molecule has 1 saturated heterocycles. The lowest BCUT2D eigenvalue weighted by Crippen LogP contribution is -2.43. The molecule has 3 nitrogen and oxygen atoms in total. The molecule has 0 aromatic heterocycles. The van der Waals surface area contributed by atoms with Gasteiger partial charge in [0.2, 0.25) is 5.91 Å². The monoisotopic (exact) mass is 282 g/mol. The van der Waals surface area contributed by atoms with Crippen LogP contribution in [0.3, 0.4) is 0 Å². The number of rotatable bonds is 3. The molecule has 110 valence electrons. The van der Waals surface area contributed by atoms with E-state index >= 15 is 0 Å². The minimum Gasteiger partial charge on any atom is -0.316 e. The lowest BCUT2D eigenvalue weighted by Gasteiger charge is -2.29. The summed E-state index contributed by atoms with van der Waals surface area (Å²) in [6.45, 7) is 4.60. The molecule has 1 aliphatic rings. The maximum absolute atomic E-state index is 12.9. The lowest BCUT2D eigenvalue weighted by molar-refractivity contribution is -0.122. The molecule has 0 saturated carbocycles. The number of carbonyl (C=O) groups is 1. The molecule has 1 fully saturated rings. The van der Waals surface area contributed by atoms with Gasteiger partial charge in [-0.05, 0) is 37.8 Å². The van der Waals surface area contributed by atoms with Gasteiger partial charge in [-0.3, -0.25) is 4.79 Å². The lowest BCUT2D eigenvalue weighted by atomic mass is 9.97. The van der Waals surface area contributed by atoms with E-state index in [0.717, 1.165) is 37.0 Å². The molecule has 0 aliphatic carbocycles. The molecular weight excluding hydrogens is 260 g/mol. The van der Waals surface area contributed by atoms with Gasteiger partial charge in [0.05, 0.1) is 11.6 Å². The number of nitrogens with one attached hydrogen (secondary N) is 1. The highest BCUT2D eigenvalue weighted by atomic mass is 16.2. The number of carbonyl (C=O) groups excluding carboxylic acids is 1. The van der Waals surface area contributed by atoms with Crippen molar-refractivity contribution in [1.82, 2.24) is 5.32 Å². The number of benzene rings is 2. The van der Waals surface area contributed by atoms with Crippen LogP contribution in [0.1, 0.15) is 19.8 Å². The first-order chi connectivity index (χ1) is 10.3. The maximum Gasteiger partial charge on any atom is 0.231 e. The Balaban J connectivity index is 1.96. The molecule has 1 atom stereocenters. The summed E-state index contributed by atoms with van der Waals surface area (Å²) in [7, 11) is 0. The van der Waals surface area contributed by atoms with E-state index in [1.807, 2.05) is 23.1 Å². The molecule has 0 bridgehead atoms. The van der Waals surface area contributed by atoms with Crippen LogP contribution in [0.4, 0.5) is 5.69 Å². The number of hydrogen-bond donors (Lipinski definition) is 1. The molecule has 1 heterocycles. The van der Waals surface area contributed by atoms with Gasteiger partial charge in [0, 0.05) is 18.5 Å². The minimum absolute atomic E-state index is 0.109. The summed E-state index contributed by atoms with van der Waals surface area (Å²) in [6.07, 6.45) is 2.08. The third-order valence-corrected chi connectivity index (χ3v) is 4.29.